The molecule has 2 heterocycles. The summed E-state index contributed by atoms with van der Waals surface area (Å²) in [5, 5.41) is 3.01. The van der Waals surface area contributed by atoms with E-state index >= 15 is 0 Å². The Balaban J connectivity index is 1.65. The highest BCUT2D eigenvalue weighted by atomic mass is 16.5. The lowest BCUT2D eigenvalue weighted by Crippen LogP contribution is -2.39. The van der Waals surface area contributed by atoms with Crippen LogP contribution in [0.25, 0.3) is 0 Å². The summed E-state index contributed by atoms with van der Waals surface area (Å²) >= 11 is 0. The van der Waals surface area contributed by atoms with Crippen LogP contribution in [0.2, 0.25) is 0 Å². The average Bonchev–Trinajstić information content (AvgIpc) is 2.83. The number of rotatable bonds is 7. The number of hydrogen-bond acceptors (Lipinski definition) is 4. The zero-order valence-electron chi connectivity index (χ0n) is 14.4. The first kappa shape index (κ1) is 18.2. The van der Waals surface area contributed by atoms with Crippen LogP contribution in [0.4, 0.5) is 0 Å². The number of ether oxygens (including phenoxy) is 1. The molecular formula is C17H31N3O3. The van der Waals surface area contributed by atoms with Crippen molar-refractivity contribution in [1.29, 1.82) is 0 Å². The maximum absolute atomic E-state index is 12.1. The number of amides is 2. The summed E-state index contributed by atoms with van der Waals surface area (Å²) < 4.78 is 5.01. The number of carbonyl (C=O) groups excluding carboxylic acids is 2. The SMILES string of the molecule is COCCN1C[C@@H](NC(=O)CCN2CCCCCCC2)CC1=O. The van der Waals surface area contributed by atoms with Crippen molar-refractivity contribution in [2.75, 3.05) is 46.4 Å². The molecule has 0 saturated carbocycles. The summed E-state index contributed by atoms with van der Waals surface area (Å²) in [5.41, 5.74) is 0. The summed E-state index contributed by atoms with van der Waals surface area (Å²) in [6.07, 6.45) is 7.40. The van der Waals surface area contributed by atoms with Gasteiger partial charge in [0, 0.05) is 39.6 Å². The topological polar surface area (TPSA) is 61.9 Å². The van der Waals surface area contributed by atoms with Crippen molar-refractivity contribution < 1.29 is 14.3 Å². The summed E-state index contributed by atoms with van der Waals surface area (Å²) in [6.45, 7) is 4.81. The van der Waals surface area contributed by atoms with Gasteiger partial charge in [-0.1, -0.05) is 19.3 Å². The van der Waals surface area contributed by atoms with E-state index in [-0.39, 0.29) is 17.9 Å². The van der Waals surface area contributed by atoms with Gasteiger partial charge in [-0.2, -0.15) is 0 Å². The Morgan fingerprint density at radius 3 is 2.57 bits per heavy atom. The second-order valence-electron chi connectivity index (χ2n) is 6.66. The third-order valence-corrected chi connectivity index (χ3v) is 4.75. The summed E-state index contributed by atoms with van der Waals surface area (Å²) in [6, 6.07) is -0.0424. The Labute approximate surface area is 139 Å². The Kier molecular flexibility index (Phi) is 7.82. The zero-order valence-corrected chi connectivity index (χ0v) is 14.4. The lowest BCUT2D eigenvalue weighted by Gasteiger charge is -2.24. The van der Waals surface area contributed by atoms with Crippen LogP contribution in [0.3, 0.4) is 0 Å². The summed E-state index contributed by atoms with van der Waals surface area (Å²) in [4.78, 5) is 28.2. The molecule has 0 unspecified atom stereocenters. The minimum Gasteiger partial charge on any atom is -0.383 e. The molecule has 0 bridgehead atoms. The second kappa shape index (κ2) is 9.88. The van der Waals surface area contributed by atoms with Crippen LogP contribution in [0, 0.1) is 0 Å². The second-order valence-corrected chi connectivity index (χ2v) is 6.66. The average molecular weight is 325 g/mol. The Morgan fingerprint density at radius 1 is 1.17 bits per heavy atom. The van der Waals surface area contributed by atoms with Crippen LogP contribution in [0.15, 0.2) is 0 Å². The van der Waals surface area contributed by atoms with Crippen LogP contribution in [0.1, 0.15) is 44.9 Å². The van der Waals surface area contributed by atoms with Gasteiger partial charge in [0.1, 0.15) is 0 Å². The summed E-state index contributed by atoms with van der Waals surface area (Å²) in [7, 11) is 1.63. The quantitative estimate of drug-likeness (QED) is 0.759. The fourth-order valence-electron chi connectivity index (χ4n) is 3.38. The van der Waals surface area contributed by atoms with Gasteiger partial charge < -0.3 is 19.9 Å². The van der Waals surface area contributed by atoms with Crippen LogP contribution in [0.5, 0.6) is 0 Å². The van der Waals surface area contributed by atoms with Gasteiger partial charge in [0.15, 0.2) is 0 Å². The van der Waals surface area contributed by atoms with E-state index in [4.69, 9.17) is 4.74 Å². The highest BCUT2D eigenvalue weighted by Gasteiger charge is 2.30. The number of methoxy groups -OCH3 is 1. The van der Waals surface area contributed by atoms with Crippen molar-refractivity contribution in [3.8, 4) is 0 Å². The van der Waals surface area contributed by atoms with E-state index in [0.29, 0.717) is 32.5 Å². The standard InChI is InChI=1S/C17H31N3O3/c1-23-12-11-20-14-15(13-17(20)22)18-16(21)7-10-19-8-5-3-2-4-6-9-19/h15H,2-14H2,1H3,(H,18,21)/t15-/m0/s1. The molecule has 2 aliphatic heterocycles. The first-order valence-corrected chi connectivity index (χ1v) is 8.97. The molecule has 2 fully saturated rings. The number of likely N-dealkylation sites (tertiary alicyclic amines) is 2. The number of nitrogens with zero attached hydrogens (tertiary/aromatic N) is 2. The predicted octanol–water partition coefficient (Wildman–Crippen LogP) is 1.01. The number of carbonyl (C=O) groups is 2. The molecule has 0 aromatic heterocycles. The van der Waals surface area contributed by atoms with Crippen molar-refractivity contribution >= 4 is 11.8 Å². The van der Waals surface area contributed by atoms with Gasteiger partial charge in [0.2, 0.25) is 11.8 Å². The minimum atomic E-state index is -0.0424. The fraction of sp³-hybridized carbons (Fsp3) is 0.882. The fourth-order valence-corrected chi connectivity index (χ4v) is 3.38. The molecule has 2 rings (SSSR count). The highest BCUT2D eigenvalue weighted by molar-refractivity contribution is 5.82. The van der Waals surface area contributed by atoms with Crippen LogP contribution in [-0.2, 0) is 14.3 Å². The molecule has 0 aromatic rings. The monoisotopic (exact) mass is 325 g/mol. The zero-order chi connectivity index (χ0) is 16.5. The van der Waals surface area contributed by atoms with E-state index in [9.17, 15) is 9.59 Å². The molecule has 2 aliphatic rings. The first-order valence-electron chi connectivity index (χ1n) is 8.97. The first-order chi connectivity index (χ1) is 11.2. The number of hydrogen-bond donors (Lipinski definition) is 1. The van der Waals surface area contributed by atoms with Gasteiger partial charge >= 0.3 is 0 Å². The highest BCUT2D eigenvalue weighted by Crippen LogP contribution is 2.12. The molecule has 23 heavy (non-hydrogen) atoms. The Morgan fingerprint density at radius 2 is 1.87 bits per heavy atom. The van der Waals surface area contributed by atoms with Crippen LogP contribution < -0.4 is 5.32 Å². The molecule has 0 aliphatic carbocycles. The minimum absolute atomic E-state index is 0.0424. The van der Waals surface area contributed by atoms with Gasteiger partial charge in [-0.3, -0.25) is 9.59 Å². The third-order valence-electron chi connectivity index (χ3n) is 4.75. The molecule has 6 nitrogen and oxygen atoms in total. The van der Waals surface area contributed by atoms with Gasteiger partial charge in [-0.05, 0) is 25.9 Å². The lowest BCUT2D eigenvalue weighted by molar-refractivity contribution is -0.128. The van der Waals surface area contributed by atoms with Crippen molar-refractivity contribution in [2.45, 2.75) is 51.0 Å². The smallest absolute Gasteiger partial charge is 0.224 e. The largest absolute Gasteiger partial charge is 0.383 e. The molecular weight excluding hydrogens is 294 g/mol. The van der Waals surface area contributed by atoms with E-state index < -0.39 is 0 Å². The number of nitrogens with one attached hydrogen (secondary N) is 1. The van der Waals surface area contributed by atoms with E-state index in [1.165, 1.54) is 32.1 Å². The van der Waals surface area contributed by atoms with Gasteiger partial charge in [0.05, 0.1) is 12.6 Å². The maximum Gasteiger partial charge on any atom is 0.224 e. The van der Waals surface area contributed by atoms with Gasteiger partial charge in [-0.15, -0.1) is 0 Å². The van der Waals surface area contributed by atoms with E-state index in [1.54, 1.807) is 12.0 Å². The van der Waals surface area contributed by atoms with Crippen molar-refractivity contribution in [3.05, 3.63) is 0 Å². The molecule has 2 saturated heterocycles. The maximum atomic E-state index is 12.1. The predicted molar refractivity (Wildman–Crippen MR) is 89.1 cm³/mol. The van der Waals surface area contributed by atoms with Gasteiger partial charge in [-0.25, -0.2) is 0 Å². The Hall–Kier alpha value is -1.14. The molecule has 0 radical (unpaired) electrons. The third kappa shape index (κ3) is 6.47. The van der Waals surface area contributed by atoms with Crippen molar-refractivity contribution in [2.24, 2.45) is 0 Å². The van der Waals surface area contributed by atoms with Crippen LogP contribution in [-0.4, -0.2) is 74.1 Å². The van der Waals surface area contributed by atoms with Crippen LogP contribution >= 0.6 is 0 Å². The van der Waals surface area contributed by atoms with Crippen molar-refractivity contribution in [1.82, 2.24) is 15.1 Å². The Bertz CT molecular complexity index is 381. The van der Waals surface area contributed by atoms with Gasteiger partial charge in [0.25, 0.3) is 0 Å². The molecule has 132 valence electrons. The molecule has 6 heteroatoms. The van der Waals surface area contributed by atoms with E-state index in [0.717, 1.165) is 19.6 Å². The lowest BCUT2D eigenvalue weighted by atomic mass is 10.1. The molecule has 0 aromatic carbocycles. The molecule has 1 N–H and O–H groups in total. The molecule has 0 spiro atoms. The molecule has 1 atom stereocenters. The van der Waals surface area contributed by atoms with E-state index in [2.05, 4.69) is 10.2 Å². The summed E-state index contributed by atoms with van der Waals surface area (Å²) in [5.74, 6) is 0.176. The normalized spacial score (nSPS) is 23.6. The van der Waals surface area contributed by atoms with E-state index in [1.807, 2.05) is 0 Å². The molecule has 2 amide bonds. The van der Waals surface area contributed by atoms with Crippen molar-refractivity contribution in [3.63, 3.8) is 0 Å².